The van der Waals surface area contributed by atoms with Crippen LogP contribution in [0.1, 0.15) is 6.42 Å². The van der Waals surface area contributed by atoms with Gasteiger partial charge in [-0.15, -0.1) is 0 Å². The summed E-state index contributed by atoms with van der Waals surface area (Å²) in [7, 11) is 0. The maximum Gasteiger partial charge on any atom is 0.107 e. The van der Waals surface area contributed by atoms with Crippen LogP contribution in [0, 0.1) is 0 Å². The highest BCUT2D eigenvalue weighted by atomic mass is 32.2. The van der Waals surface area contributed by atoms with E-state index >= 15 is 0 Å². The molecule has 21 heavy (non-hydrogen) atoms. The Kier molecular flexibility index (Phi) is 6.47. The second-order valence-electron chi connectivity index (χ2n) is 4.37. The third kappa shape index (κ3) is 5.34. The molecule has 0 aliphatic carbocycles. The van der Waals surface area contributed by atoms with Crippen LogP contribution in [0.3, 0.4) is 0 Å². The van der Waals surface area contributed by atoms with Crippen LogP contribution in [0.5, 0.6) is 0 Å². The highest BCUT2D eigenvalue weighted by Crippen LogP contribution is 2.22. The molecular formula is C17H17NOS2. The van der Waals surface area contributed by atoms with Gasteiger partial charge in [0.15, 0.2) is 0 Å². The van der Waals surface area contributed by atoms with E-state index in [0.717, 1.165) is 16.2 Å². The number of aliphatic hydroxyl groups is 1. The van der Waals surface area contributed by atoms with Crippen molar-refractivity contribution in [3.8, 4) is 0 Å². The van der Waals surface area contributed by atoms with E-state index in [2.05, 4.69) is 5.32 Å². The number of benzene rings is 2. The van der Waals surface area contributed by atoms with Crippen LogP contribution in [0.2, 0.25) is 0 Å². The number of nitrogens with one attached hydrogen (secondary N) is 1. The summed E-state index contributed by atoms with van der Waals surface area (Å²) < 4.78 is 0. The normalized spacial score (nSPS) is 11.2. The lowest BCUT2D eigenvalue weighted by Crippen LogP contribution is -2.12. The number of aliphatic hydroxyl groups excluding tert-OH is 1. The Balaban J connectivity index is 2.05. The Morgan fingerprint density at radius 3 is 2.29 bits per heavy atom. The lowest BCUT2D eigenvalue weighted by molar-refractivity contribution is 0.301. The molecule has 4 heteroatoms. The zero-order valence-electron chi connectivity index (χ0n) is 11.5. The molecule has 0 spiro atoms. The fraction of sp³-hybridized carbons (Fsp3) is 0.118. The highest BCUT2D eigenvalue weighted by molar-refractivity contribution is 8.02. The topological polar surface area (TPSA) is 32.3 Å². The van der Waals surface area contributed by atoms with E-state index in [-0.39, 0.29) is 6.61 Å². The van der Waals surface area contributed by atoms with Crippen LogP contribution in [-0.4, -0.2) is 16.7 Å². The van der Waals surface area contributed by atoms with Gasteiger partial charge < -0.3 is 10.4 Å². The molecule has 0 aromatic heterocycles. The molecule has 0 fully saturated rings. The van der Waals surface area contributed by atoms with Gasteiger partial charge in [-0.2, -0.15) is 0 Å². The number of hydrogen-bond donors (Lipinski definition) is 2. The predicted molar refractivity (Wildman–Crippen MR) is 94.7 cm³/mol. The van der Waals surface area contributed by atoms with E-state index in [1.165, 1.54) is 0 Å². The van der Waals surface area contributed by atoms with Crippen molar-refractivity contribution >= 4 is 34.7 Å². The minimum atomic E-state index is 0.0811. The van der Waals surface area contributed by atoms with Crippen LogP contribution in [0.15, 0.2) is 76.5 Å². The molecule has 0 atom stereocenters. The van der Waals surface area contributed by atoms with Gasteiger partial charge in [0.05, 0.1) is 0 Å². The number of thiocarbonyl (C=S) groups is 1. The zero-order valence-corrected chi connectivity index (χ0v) is 13.2. The molecule has 0 saturated carbocycles. The summed E-state index contributed by atoms with van der Waals surface area (Å²) in [5.41, 5.74) is 1.89. The molecule has 2 nitrogen and oxygen atoms in total. The Morgan fingerprint density at radius 1 is 1.05 bits per heavy atom. The standard InChI is InChI=1S/C17H17NOS2/c19-12-11-14(13-21-16-9-5-2-6-10-16)17(20)18-15-7-3-1-4-8-15/h1-10,13,19H,11-12H2,(H,18,20)/b14-13+. The summed E-state index contributed by atoms with van der Waals surface area (Å²) in [5.74, 6) is 0. The quantitative estimate of drug-likeness (QED) is 0.467. The van der Waals surface area contributed by atoms with E-state index in [1.54, 1.807) is 11.8 Å². The van der Waals surface area contributed by atoms with Crippen molar-refractivity contribution in [2.75, 3.05) is 11.9 Å². The number of thioether (sulfide) groups is 1. The summed E-state index contributed by atoms with van der Waals surface area (Å²) in [6, 6.07) is 19.9. The molecule has 0 unspecified atom stereocenters. The third-order valence-electron chi connectivity index (χ3n) is 2.78. The van der Waals surface area contributed by atoms with Gasteiger partial charge >= 0.3 is 0 Å². The number of anilines is 1. The van der Waals surface area contributed by atoms with E-state index in [4.69, 9.17) is 12.2 Å². The van der Waals surface area contributed by atoms with Crippen molar-refractivity contribution in [3.05, 3.63) is 71.6 Å². The fourth-order valence-electron chi connectivity index (χ4n) is 1.72. The van der Waals surface area contributed by atoms with E-state index in [0.29, 0.717) is 11.4 Å². The van der Waals surface area contributed by atoms with E-state index < -0.39 is 0 Å². The third-order valence-corrected chi connectivity index (χ3v) is 4.10. The van der Waals surface area contributed by atoms with Crippen LogP contribution in [0.25, 0.3) is 0 Å². The van der Waals surface area contributed by atoms with Crippen molar-refractivity contribution in [1.82, 2.24) is 0 Å². The molecule has 2 aromatic rings. The molecule has 108 valence electrons. The van der Waals surface area contributed by atoms with Gasteiger partial charge in [-0.3, -0.25) is 0 Å². The fourth-order valence-corrected chi connectivity index (χ4v) is 2.90. The van der Waals surface area contributed by atoms with Gasteiger partial charge in [-0.25, -0.2) is 0 Å². The largest absolute Gasteiger partial charge is 0.396 e. The zero-order chi connectivity index (χ0) is 14.9. The molecule has 2 rings (SSSR count). The molecule has 0 amide bonds. The van der Waals surface area contributed by atoms with Crippen molar-refractivity contribution in [3.63, 3.8) is 0 Å². The van der Waals surface area contributed by atoms with Crippen LogP contribution < -0.4 is 5.32 Å². The molecule has 0 bridgehead atoms. The Labute approximate surface area is 134 Å². The van der Waals surface area contributed by atoms with Crippen LogP contribution >= 0.6 is 24.0 Å². The summed E-state index contributed by atoms with van der Waals surface area (Å²) in [5, 5.41) is 14.4. The number of rotatable bonds is 6. The molecule has 0 saturated heterocycles. The first-order valence-electron chi connectivity index (χ1n) is 6.67. The van der Waals surface area contributed by atoms with E-state index in [9.17, 15) is 5.11 Å². The van der Waals surface area contributed by atoms with Crippen LogP contribution in [-0.2, 0) is 0 Å². The first-order valence-corrected chi connectivity index (χ1v) is 7.96. The Morgan fingerprint density at radius 2 is 1.67 bits per heavy atom. The Bertz CT molecular complexity index is 597. The van der Waals surface area contributed by atoms with Gasteiger partial charge in [0.1, 0.15) is 4.99 Å². The SMILES string of the molecule is OCC/C(=C\Sc1ccccc1)C(=S)Nc1ccccc1. The minimum absolute atomic E-state index is 0.0811. The molecule has 0 radical (unpaired) electrons. The monoisotopic (exact) mass is 315 g/mol. The van der Waals surface area contributed by atoms with Crippen LogP contribution in [0.4, 0.5) is 5.69 Å². The second kappa shape index (κ2) is 8.62. The Hall–Kier alpha value is -1.62. The molecule has 2 N–H and O–H groups in total. The lowest BCUT2D eigenvalue weighted by Gasteiger charge is -2.11. The summed E-state index contributed by atoms with van der Waals surface area (Å²) in [6.45, 7) is 0.0811. The summed E-state index contributed by atoms with van der Waals surface area (Å²) in [4.78, 5) is 1.80. The van der Waals surface area contributed by atoms with Gasteiger partial charge in [-0.05, 0) is 41.7 Å². The lowest BCUT2D eigenvalue weighted by atomic mass is 10.2. The summed E-state index contributed by atoms with van der Waals surface area (Å²) in [6.07, 6.45) is 0.540. The van der Waals surface area contributed by atoms with Crippen molar-refractivity contribution in [2.24, 2.45) is 0 Å². The second-order valence-corrected chi connectivity index (χ2v) is 5.72. The maximum atomic E-state index is 9.21. The van der Waals surface area contributed by atoms with Crippen molar-refractivity contribution in [1.29, 1.82) is 0 Å². The van der Waals surface area contributed by atoms with E-state index in [1.807, 2.05) is 66.1 Å². The average molecular weight is 315 g/mol. The molecule has 0 aliphatic heterocycles. The first-order chi connectivity index (χ1) is 10.3. The number of hydrogen-bond acceptors (Lipinski definition) is 3. The van der Waals surface area contributed by atoms with Gasteiger partial charge in [-0.1, -0.05) is 60.4 Å². The molecule has 0 aliphatic rings. The molecule has 2 aromatic carbocycles. The number of para-hydroxylation sites is 1. The average Bonchev–Trinajstić information content (AvgIpc) is 2.53. The van der Waals surface area contributed by atoms with Crippen molar-refractivity contribution in [2.45, 2.75) is 11.3 Å². The highest BCUT2D eigenvalue weighted by Gasteiger charge is 2.05. The maximum absolute atomic E-state index is 9.21. The van der Waals surface area contributed by atoms with Gasteiger partial charge in [0.25, 0.3) is 0 Å². The predicted octanol–water partition coefficient (Wildman–Crippen LogP) is 4.48. The van der Waals surface area contributed by atoms with Crippen molar-refractivity contribution < 1.29 is 5.11 Å². The molecule has 0 heterocycles. The minimum Gasteiger partial charge on any atom is -0.396 e. The van der Waals surface area contributed by atoms with Gasteiger partial charge in [0, 0.05) is 17.2 Å². The summed E-state index contributed by atoms with van der Waals surface area (Å²) >= 11 is 7.04. The smallest absolute Gasteiger partial charge is 0.107 e. The van der Waals surface area contributed by atoms with Gasteiger partial charge in [0.2, 0.25) is 0 Å². The first kappa shape index (κ1) is 15.8. The molecular weight excluding hydrogens is 298 g/mol.